The predicted molar refractivity (Wildman–Crippen MR) is 61.7 cm³/mol. The molecular weight excluding hydrogens is 274 g/mol. The van der Waals surface area contributed by atoms with E-state index in [9.17, 15) is 9.59 Å². The predicted octanol–water partition coefficient (Wildman–Crippen LogP) is 2.47. The molecule has 5 heteroatoms. The average molecular weight is 286 g/mol. The average Bonchev–Trinajstić information content (AvgIpc) is 2.58. The number of esters is 1. The summed E-state index contributed by atoms with van der Waals surface area (Å²) in [6, 6.07) is 0. The summed E-state index contributed by atoms with van der Waals surface area (Å²) in [4.78, 5) is 26.3. The number of hydrogen-bond donors (Lipinski definition) is 1. The quantitative estimate of drug-likeness (QED) is 0.850. The van der Waals surface area contributed by atoms with Gasteiger partial charge in [-0.05, 0) is 35.7 Å². The summed E-state index contributed by atoms with van der Waals surface area (Å²) in [5.41, 5.74) is 1.81. The third-order valence-corrected chi connectivity index (χ3v) is 3.40. The van der Waals surface area contributed by atoms with E-state index in [1.54, 1.807) is 6.92 Å². The zero-order valence-corrected chi connectivity index (χ0v) is 10.5. The maximum absolute atomic E-state index is 11.7. The van der Waals surface area contributed by atoms with Crippen LogP contribution < -0.4 is 0 Å². The highest BCUT2D eigenvalue weighted by Crippen LogP contribution is 2.31. The Bertz CT molecular complexity index is 450. The molecule has 1 aliphatic rings. The zero-order chi connectivity index (χ0) is 11.7. The van der Waals surface area contributed by atoms with Crippen LogP contribution in [0.5, 0.6) is 0 Å². The normalized spacial score (nSPS) is 14.8. The van der Waals surface area contributed by atoms with Crippen LogP contribution in [-0.2, 0) is 11.2 Å². The molecule has 1 N–H and O–H groups in total. The molecule has 86 valence electrons. The van der Waals surface area contributed by atoms with Gasteiger partial charge < -0.3 is 9.72 Å². The number of carbonyl (C=O) groups is 2. The fourth-order valence-electron chi connectivity index (χ4n) is 1.90. The second kappa shape index (κ2) is 4.41. The lowest BCUT2D eigenvalue weighted by atomic mass is 9.97. The second-order valence-electron chi connectivity index (χ2n) is 3.66. The van der Waals surface area contributed by atoms with Crippen LogP contribution in [0.2, 0.25) is 0 Å². The van der Waals surface area contributed by atoms with Crippen molar-refractivity contribution < 1.29 is 14.3 Å². The molecule has 0 aromatic carbocycles. The van der Waals surface area contributed by atoms with Crippen LogP contribution in [0.4, 0.5) is 0 Å². The summed E-state index contributed by atoms with van der Waals surface area (Å²) in [6.07, 6.45) is 2.19. The number of aryl methyl sites for hydroxylation is 1. The van der Waals surface area contributed by atoms with Crippen molar-refractivity contribution in [3.05, 3.63) is 21.4 Å². The Kier molecular flexibility index (Phi) is 3.14. The van der Waals surface area contributed by atoms with Gasteiger partial charge in [0.1, 0.15) is 5.69 Å². The Balaban J connectivity index is 2.42. The van der Waals surface area contributed by atoms with Crippen LogP contribution >= 0.6 is 15.9 Å². The van der Waals surface area contributed by atoms with Crippen molar-refractivity contribution in [2.75, 3.05) is 6.61 Å². The van der Waals surface area contributed by atoms with Gasteiger partial charge in [-0.1, -0.05) is 0 Å². The number of ether oxygens (including phenoxy) is 1. The molecule has 0 spiro atoms. The number of H-pyrrole nitrogens is 1. The van der Waals surface area contributed by atoms with Gasteiger partial charge >= 0.3 is 5.97 Å². The lowest BCUT2D eigenvalue weighted by Crippen LogP contribution is -2.09. The fraction of sp³-hybridized carbons (Fsp3) is 0.455. The van der Waals surface area contributed by atoms with Crippen molar-refractivity contribution in [1.82, 2.24) is 4.98 Å². The van der Waals surface area contributed by atoms with E-state index in [4.69, 9.17) is 4.74 Å². The standard InChI is InChI=1S/C11H12BrNO3/c1-2-16-11(15)10-9(12)8-6(13-10)4-3-5-7(8)14/h13H,2-5H2,1H3. The van der Waals surface area contributed by atoms with Gasteiger partial charge in [0, 0.05) is 12.1 Å². The van der Waals surface area contributed by atoms with Crippen molar-refractivity contribution in [1.29, 1.82) is 0 Å². The lowest BCUT2D eigenvalue weighted by Gasteiger charge is -2.09. The first-order chi connectivity index (χ1) is 7.65. The van der Waals surface area contributed by atoms with E-state index in [1.807, 2.05) is 0 Å². The van der Waals surface area contributed by atoms with E-state index in [0.29, 0.717) is 28.8 Å². The Morgan fingerprint density at radius 3 is 2.88 bits per heavy atom. The van der Waals surface area contributed by atoms with Crippen molar-refractivity contribution in [3.8, 4) is 0 Å². The van der Waals surface area contributed by atoms with Gasteiger partial charge in [0.25, 0.3) is 0 Å². The first kappa shape index (κ1) is 11.4. The SMILES string of the molecule is CCOC(=O)c1[nH]c2c(c1Br)C(=O)CCC2. The van der Waals surface area contributed by atoms with E-state index in [1.165, 1.54) is 0 Å². The third-order valence-electron chi connectivity index (χ3n) is 2.61. The minimum absolute atomic E-state index is 0.0833. The summed E-state index contributed by atoms with van der Waals surface area (Å²) in [5.74, 6) is -0.337. The highest BCUT2D eigenvalue weighted by atomic mass is 79.9. The van der Waals surface area contributed by atoms with E-state index < -0.39 is 5.97 Å². The minimum atomic E-state index is -0.420. The molecule has 16 heavy (non-hydrogen) atoms. The van der Waals surface area contributed by atoms with Crippen LogP contribution in [0.3, 0.4) is 0 Å². The maximum atomic E-state index is 11.7. The Morgan fingerprint density at radius 1 is 1.50 bits per heavy atom. The van der Waals surface area contributed by atoms with Crippen molar-refractivity contribution >= 4 is 27.7 Å². The summed E-state index contributed by atoms with van der Waals surface area (Å²) >= 11 is 3.30. The molecule has 0 aliphatic heterocycles. The first-order valence-corrected chi connectivity index (χ1v) is 6.05. The van der Waals surface area contributed by atoms with Crippen molar-refractivity contribution in [3.63, 3.8) is 0 Å². The number of rotatable bonds is 2. The van der Waals surface area contributed by atoms with Crippen molar-refractivity contribution in [2.45, 2.75) is 26.2 Å². The van der Waals surface area contributed by atoms with Crippen LogP contribution in [0, 0.1) is 0 Å². The van der Waals surface area contributed by atoms with Gasteiger partial charge in [-0.25, -0.2) is 4.79 Å². The van der Waals surface area contributed by atoms with Gasteiger partial charge in [-0.2, -0.15) is 0 Å². The Hall–Kier alpha value is -1.10. The summed E-state index contributed by atoms with van der Waals surface area (Å²) in [6.45, 7) is 2.07. The molecule has 0 amide bonds. The molecule has 2 rings (SSSR count). The lowest BCUT2D eigenvalue weighted by molar-refractivity contribution is 0.0519. The molecule has 1 aliphatic carbocycles. The highest BCUT2D eigenvalue weighted by Gasteiger charge is 2.27. The number of ketones is 1. The van der Waals surface area contributed by atoms with Crippen LogP contribution in [0.15, 0.2) is 4.47 Å². The molecule has 0 saturated heterocycles. The molecule has 0 fully saturated rings. The van der Waals surface area contributed by atoms with Gasteiger partial charge in [0.15, 0.2) is 5.78 Å². The fourth-order valence-corrected chi connectivity index (χ4v) is 2.62. The molecule has 1 heterocycles. The van der Waals surface area contributed by atoms with E-state index in [-0.39, 0.29) is 5.78 Å². The maximum Gasteiger partial charge on any atom is 0.355 e. The number of aromatic amines is 1. The minimum Gasteiger partial charge on any atom is -0.461 e. The first-order valence-electron chi connectivity index (χ1n) is 5.25. The van der Waals surface area contributed by atoms with Crippen LogP contribution in [0.1, 0.15) is 46.3 Å². The highest BCUT2D eigenvalue weighted by molar-refractivity contribution is 9.10. The second-order valence-corrected chi connectivity index (χ2v) is 4.46. The van der Waals surface area contributed by atoms with Gasteiger partial charge in [0.2, 0.25) is 0 Å². The number of aromatic nitrogens is 1. The Morgan fingerprint density at radius 2 is 2.25 bits per heavy atom. The zero-order valence-electron chi connectivity index (χ0n) is 8.93. The molecular formula is C11H12BrNO3. The monoisotopic (exact) mass is 285 g/mol. The van der Waals surface area contributed by atoms with E-state index >= 15 is 0 Å². The van der Waals surface area contributed by atoms with Crippen molar-refractivity contribution in [2.24, 2.45) is 0 Å². The van der Waals surface area contributed by atoms with Gasteiger partial charge in [0.05, 0.1) is 16.6 Å². The van der Waals surface area contributed by atoms with E-state index in [2.05, 4.69) is 20.9 Å². The smallest absolute Gasteiger partial charge is 0.355 e. The molecule has 0 unspecified atom stereocenters. The van der Waals surface area contributed by atoms with Gasteiger partial charge in [-0.3, -0.25) is 4.79 Å². The number of nitrogens with one attached hydrogen (secondary N) is 1. The van der Waals surface area contributed by atoms with Gasteiger partial charge in [-0.15, -0.1) is 0 Å². The van der Waals surface area contributed by atoms with Crippen LogP contribution in [0.25, 0.3) is 0 Å². The summed E-state index contributed by atoms with van der Waals surface area (Å²) in [7, 11) is 0. The number of carbonyl (C=O) groups excluding carboxylic acids is 2. The number of hydrogen-bond acceptors (Lipinski definition) is 3. The van der Waals surface area contributed by atoms with E-state index in [0.717, 1.165) is 18.5 Å². The molecule has 0 bridgehead atoms. The molecule has 0 radical (unpaired) electrons. The number of halogens is 1. The molecule has 1 aromatic heterocycles. The number of Topliss-reactive ketones (excluding diaryl/α,β-unsaturated/α-hetero) is 1. The van der Waals surface area contributed by atoms with Crippen LogP contribution in [-0.4, -0.2) is 23.3 Å². The molecule has 4 nitrogen and oxygen atoms in total. The molecule has 0 saturated carbocycles. The number of fused-ring (bicyclic) bond motifs is 1. The molecule has 1 aromatic rings. The summed E-state index contributed by atoms with van der Waals surface area (Å²) < 4.78 is 5.46. The largest absolute Gasteiger partial charge is 0.461 e. The third kappa shape index (κ3) is 1.80. The molecule has 0 atom stereocenters. The Labute approximate surface area is 101 Å². The summed E-state index contributed by atoms with van der Waals surface area (Å²) in [5, 5.41) is 0. The topological polar surface area (TPSA) is 59.2 Å².